The van der Waals surface area contributed by atoms with Gasteiger partial charge in [-0.25, -0.2) is 9.38 Å². The first-order valence-electron chi connectivity index (χ1n) is 14.9. The van der Waals surface area contributed by atoms with Crippen LogP contribution >= 0.6 is 22.9 Å². The van der Waals surface area contributed by atoms with E-state index in [9.17, 15) is 14.0 Å². The lowest BCUT2D eigenvalue weighted by Crippen LogP contribution is -2.40. The number of amides is 1. The summed E-state index contributed by atoms with van der Waals surface area (Å²) in [5.41, 5.74) is 3.34. The highest BCUT2D eigenvalue weighted by molar-refractivity contribution is 7.07. The van der Waals surface area contributed by atoms with E-state index in [0.717, 1.165) is 21.9 Å². The summed E-state index contributed by atoms with van der Waals surface area (Å²) in [4.78, 5) is 33.3. The Morgan fingerprint density at radius 3 is 2.45 bits per heavy atom. The van der Waals surface area contributed by atoms with Crippen LogP contribution in [0, 0.1) is 5.82 Å². The number of carbonyl (C=O) groups excluding carboxylic acids is 1. The molecule has 0 bridgehead atoms. The summed E-state index contributed by atoms with van der Waals surface area (Å²) in [5, 5.41) is 5.49. The molecule has 1 aliphatic rings. The lowest BCUT2D eigenvalue weighted by atomic mass is 9.95. The summed E-state index contributed by atoms with van der Waals surface area (Å²) in [7, 11) is 0. The molecule has 1 atom stereocenters. The molecule has 0 unspecified atom stereocenters. The second-order valence-electron chi connectivity index (χ2n) is 11.1. The number of hydrogen-bond donors (Lipinski definition) is 1. The maximum atomic E-state index is 14.4. The second kappa shape index (κ2) is 12.8. The third kappa shape index (κ3) is 6.13. The summed E-state index contributed by atoms with van der Waals surface area (Å²) < 4.78 is 22.3. The van der Waals surface area contributed by atoms with Crippen molar-refractivity contribution in [2.75, 3.05) is 5.32 Å². The number of fused-ring (bicyclic) bond motifs is 2. The molecule has 1 aliphatic heterocycles. The molecule has 0 saturated heterocycles. The number of halogens is 2. The molecule has 0 fully saturated rings. The highest BCUT2D eigenvalue weighted by Crippen LogP contribution is 2.32. The van der Waals surface area contributed by atoms with Crippen LogP contribution in [-0.4, -0.2) is 10.5 Å². The molecule has 6 aromatic rings. The number of rotatable bonds is 7. The molecule has 1 N–H and O–H groups in total. The first-order valence-corrected chi connectivity index (χ1v) is 16.1. The van der Waals surface area contributed by atoms with Gasteiger partial charge in [0.25, 0.3) is 11.5 Å². The Bertz CT molecular complexity index is 2350. The van der Waals surface area contributed by atoms with E-state index in [0.29, 0.717) is 49.2 Å². The van der Waals surface area contributed by atoms with Crippen molar-refractivity contribution >= 4 is 51.4 Å². The molecule has 232 valence electrons. The molecule has 2 heterocycles. The minimum atomic E-state index is -0.828. The van der Waals surface area contributed by atoms with Crippen molar-refractivity contribution in [2.24, 2.45) is 4.99 Å². The molecule has 0 radical (unpaired) electrons. The number of thiazole rings is 1. The number of aromatic nitrogens is 1. The number of carbonyl (C=O) groups is 1. The van der Waals surface area contributed by atoms with Gasteiger partial charge in [-0.15, -0.1) is 0 Å². The van der Waals surface area contributed by atoms with Gasteiger partial charge in [0.2, 0.25) is 0 Å². The van der Waals surface area contributed by atoms with Gasteiger partial charge < -0.3 is 10.1 Å². The Morgan fingerprint density at radius 1 is 0.957 bits per heavy atom. The maximum Gasteiger partial charge on any atom is 0.271 e. The van der Waals surface area contributed by atoms with Crippen molar-refractivity contribution in [1.29, 1.82) is 0 Å². The predicted molar refractivity (Wildman–Crippen MR) is 185 cm³/mol. The molecule has 0 aliphatic carbocycles. The Balaban J connectivity index is 1.36. The van der Waals surface area contributed by atoms with Gasteiger partial charge in [-0.3, -0.25) is 14.2 Å². The minimum Gasteiger partial charge on any atom is -0.488 e. The van der Waals surface area contributed by atoms with E-state index >= 15 is 0 Å². The van der Waals surface area contributed by atoms with Gasteiger partial charge >= 0.3 is 0 Å². The van der Waals surface area contributed by atoms with Crippen molar-refractivity contribution in [3.05, 3.63) is 174 Å². The van der Waals surface area contributed by atoms with Gasteiger partial charge in [0.05, 0.1) is 21.8 Å². The predicted octanol–water partition coefficient (Wildman–Crippen LogP) is 7.40. The van der Waals surface area contributed by atoms with E-state index < -0.39 is 17.8 Å². The number of nitrogens with zero attached hydrogens (tertiary/aromatic N) is 2. The Kier molecular flexibility index (Phi) is 8.28. The zero-order valence-corrected chi connectivity index (χ0v) is 26.7. The molecular weight excluding hydrogens is 633 g/mol. The first kappa shape index (κ1) is 30.3. The van der Waals surface area contributed by atoms with Crippen LogP contribution in [-0.2, 0) is 11.4 Å². The van der Waals surface area contributed by atoms with Gasteiger partial charge in [0.15, 0.2) is 4.80 Å². The van der Waals surface area contributed by atoms with Gasteiger partial charge in [0, 0.05) is 16.3 Å². The molecule has 47 heavy (non-hydrogen) atoms. The van der Waals surface area contributed by atoms with Gasteiger partial charge in [-0.05, 0) is 77.4 Å². The molecule has 1 amide bonds. The van der Waals surface area contributed by atoms with E-state index in [-0.39, 0.29) is 5.56 Å². The molecule has 1 aromatic heterocycles. The minimum absolute atomic E-state index is 0.302. The lowest BCUT2D eigenvalue weighted by Gasteiger charge is -2.25. The third-order valence-electron chi connectivity index (χ3n) is 8.00. The molecule has 5 aromatic carbocycles. The Hall–Kier alpha value is -5.31. The average Bonchev–Trinajstić information content (AvgIpc) is 3.39. The van der Waals surface area contributed by atoms with Crippen LogP contribution < -0.4 is 24.9 Å². The van der Waals surface area contributed by atoms with Gasteiger partial charge in [0.1, 0.15) is 18.2 Å². The van der Waals surface area contributed by atoms with E-state index in [4.69, 9.17) is 21.3 Å². The maximum absolute atomic E-state index is 14.4. The standard InChI is InChI=1S/C38H27ClFN3O3S/c1-23-34(36(44)42-29-8-3-2-4-9-29)35(26-13-18-28(40)19-14-26)43-37(45)33(47-38(43)41-23)21-31-30-10-6-5-7-25(30)15-20-32(31)46-22-24-11-16-27(39)17-12-24/h2-21,35H,22H2,1H3,(H,42,44)/t35-/m0/s1. The second-order valence-corrected chi connectivity index (χ2v) is 12.5. The normalized spacial score (nSPS) is 14.5. The number of hydrogen-bond acceptors (Lipinski definition) is 5. The van der Waals surface area contributed by atoms with Crippen molar-refractivity contribution in [2.45, 2.75) is 19.6 Å². The van der Waals surface area contributed by atoms with Crippen molar-refractivity contribution in [3.8, 4) is 5.75 Å². The van der Waals surface area contributed by atoms with Gasteiger partial charge in [-0.2, -0.15) is 0 Å². The fourth-order valence-corrected chi connectivity index (χ4v) is 6.87. The van der Waals surface area contributed by atoms with Crippen LogP contribution in [0.15, 0.2) is 136 Å². The van der Waals surface area contributed by atoms with Crippen molar-refractivity contribution in [3.63, 3.8) is 0 Å². The zero-order valence-electron chi connectivity index (χ0n) is 25.1. The number of para-hydroxylation sites is 1. The monoisotopic (exact) mass is 659 g/mol. The molecule has 0 spiro atoms. The van der Waals surface area contributed by atoms with E-state index in [2.05, 4.69) is 5.32 Å². The van der Waals surface area contributed by atoms with E-state index in [1.54, 1.807) is 31.2 Å². The van der Waals surface area contributed by atoms with Crippen molar-refractivity contribution < 1.29 is 13.9 Å². The van der Waals surface area contributed by atoms with Crippen LogP contribution in [0.2, 0.25) is 5.02 Å². The largest absolute Gasteiger partial charge is 0.488 e. The van der Waals surface area contributed by atoms with E-state index in [1.807, 2.05) is 84.9 Å². The number of benzene rings is 5. The fourth-order valence-electron chi connectivity index (χ4n) is 5.72. The average molecular weight is 660 g/mol. The number of ether oxygens (including phenoxy) is 1. The van der Waals surface area contributed by atoms with E-state index in [1.165, 1.54) is 28.0 Å². The van der Waals surface area contributed by atoms with Crippen LogP contribution in [0.25, 0.3) is 16.8 Å². The number of allylic oxidation sites excluding steroid dienone is 1. The molecule has 9 heteroatoms. The molecular formula is C38H27ClFN3O3S. The summed E-state index contributed by atoms with van der Waals surface area (Å²) in [6, 6.07) is 33.3. The highest BCUT2D eigenvalue weighted by atomic mass is 35.5. The molecule has 6 nitrogen and oxygen atoms in total. The van der Waals surface area contributed by atoms with Crippen molar-refractivity contribution in [1.82, 2.24) is 4.57 Å². The SMILES string of the molecule is CC1=C(C(=O)Nc2ccccc2)[C@H](c2ccc(F)cc2)n2c(sc(=Cc3c(OCc4ccc(Cl)cc4)ccc4ccccc34)c2=O)=N1. The topological polar surface area (TPSA) is 72.7 Å². The number of anilines is 1. The lowest BCUT2D eigenvalue weighted by molar-refractivity contribution is -0.113. The summed E-state index contributed by atoms with van der Waals surface area (Å²) in [6.07, 6.45) is 1.83. The fraction of sp³-hybridized carbons (Fsp3) is 0.0789. The summed E-state index contributed by atoms with van der Waals surface area (Å²) in [6.45, 7) is 2.06. The Morgan fingerprint density at radius 2 is 1.68 bits per heavy atom. The van der Waals surface area contributed by atoms with Gasteiger partial charge in [-0.1, -0.05) is 95.7 Å². The smallest absolute Gasteiger partial charge is 0.271 e. The van der Waals surface area contributed by atoms with Crippen LogP contribution in [0.4, 0.5) is 10.1 Å². The summed E-state index contributed by atoms with van der Waals surface area (Å²) in [5.74, 6) is -0.203. The van der Waals surface area contributed by atoms with Crippen LogP contribution in [0.1, 0.15) is 29.7 Å². The first-order chi connectivity index (χ1) is 22.9. The molecule has 7 rings (SSSR count). The number of nitrogens with one attached hydrogen (secondary N) is 1. The Labute approximate surface area is 278 Å². The zero-order chi connectivity index (χ0) is 32.5. The highest BCUT2D eigenvalue weighted by Gasteiger charge is 2.32. The quantitative estimate of drug-likeness (QED) is 0.194. The molecule has 0 saturated carbocycles. The van der Waals surface area contributed by atoms with Crippen LogP contribution in [0.3, 0.4) is 0 Å². The van der Waals surface area contributed by atoms with Crippen LogP contribution in [0.5, 0.6) is 5.75 Å². The summed E-state index contributed by atoms with van der Waals surface area (Å²) >= 11 is 7.30. The third-order valence-corrected chi connectivity index (χ3v) is 9.23.